The third-order valence-electron chi connectivity index (χ3n) is 5.12. The molecule has 28 heavy (non-hydrogen) atoms. The molecule has 0 aromatic heterocycles. The largest absolute Gasteiger partial charge is 0.493 e. The minimum Gasteiger partial charge on any atom is -0.493 e. The van der Waals surface area contributed by atoms with Crippen LogP contribution in [0.5, 0.6) is 11.5 Å². The van der Waals surface area contributed by atoms with Gasteiger partial charge in [0.1, 0.15) is 6.04 Å². The molecule has 5 nitrogen and oxygen atoms in total. The molecule has 1 heterocycles. The first kappa shape index (κ1) is 21.0. The van der Waals surface area contributed by atoms with Crippen molar-refractivity contribution in [2.75, 3.05) is 20.8 Å². The monoisotopic (exact) mass is 467 g/mol. The fraction of sp³-hybridized carbons (Fsp3) is 0.381. The number of carboxylic acid groups (broad SMARTS) is 1. The van der Waals surface area contributed by atoms with Crippen molar-refractivity contribution >= 4 is 33.5 Å². The van der Waals surface area contributed by atoms with E-state index in [2.05, 4.69) is 15.9 Å². The zero-order valence-corrected chi connectivity index (χ0v) is 18.2. The zero-order chi connectivity index (χ0) is 20.3. The van der Waals surface area contributed by atoms with Gasteiger partial charge in [0.15, 0.2) is 11.5 Å². The summed E-state index contributed by atoms with van der Waals surface area (Å²) in [5.41, 5.74) is 1.85. The number of carboxylic acids is 1. The highest BCUT2D eigenvalue weighted by molar-refractivity contribution is 9.10. The minimum atomic E-state index is -0.802. The predicted octanol–water partition coefficient (Wildman–Crippen LogP) is 5.15. The van der Waals surface area contributed by atoms with Crippen LogP contribution in [0.3, 0.4) is 0 Å². The highest BCUT2D eigenvalue weighted by atomic mass is 79.9. The molecule has 2 unspecified atom stereocenters. The molecular formula is C21H23BrClNO4. The van der Waals surface area contributed by atoms with E-state index in [1.54, 1.807) is 14.2 Å². The van der Waals surface area contributed by atoms with E-state index >= 15 is 0 Å². The molecule has 0 radical (unpaired) electrons. The molecule has 1 aliphatic heterocycles. The van der Waals surface area contributed by atoms with E-state index in [4.69, 9.17) is 21.1 Å². The number of methoxy groups -OCH3 is 2. The number of halogens is 2. The van der Waals surface area contributed by atoms with Crippen LogP contribution < -0.4 is 9.47 Å². The Bertz CT molecular complexity index is 860. The van der Waals surface area contributed by atoms with Gasteiger partial charge in [-0.2, -0.15) is 0 Å². The van der Waals surface area contributed by atoms with Gasteiger partial charge in [0.2, 0.25) is 0 Å². The second-order valence-electron chi connectivity index (χ2n) is 6.77. The molecule has 1 N–H and O–H groups in total. The number of hydrogen-bond donors (Lipinski definition) is 1. The maximum atomic E-state index is 12.0. The summed E-state index contributed by atoms with van der Waals surface area (Å²) in [6.45, 7) is 0.689. The van der Waals surface area contributed by atoms with E-state index in [-0.39, 0.29) is 6.04 Å². The van der Waals surface area contributed by atoms with Crippen molar-refractivity contribution in [1.82, 2.24) is 4.90 Å². The molecule has 0 bridgehead atoms. The number of ether oxygens (including phenoxy) is 2. The summed E-state index contributed by atoms with van der Waals surface area (Å²) in [6, 6.07) is 10.5. The number of benzene rings is 2. The Morgan fingerprint density at radius 3 is 2.57 bits per heavy atom. The van der Waals surface area contributed by atoms with E-state index in [0.717, 1.165) is 28.4 Å². The summed E-state index contributed by atoms with van der Waals surface area (Å²) >= 11 is 9.92. The van der Waals surface area contributed by atoms with Crippen molar-refractivity contribution in [3.05, 3.63) is 57.0 Å². The van der Waals surface area contributed by atoms with Crippen molar-refractivity contribution in [1.29, 1.82) is 0 Å². The van der Waals surface area contributed by atoms with Gasteiger partial charge < -0.3 is 14.6 Å². The quantitative estimate of drug-likeness (QED) is 0.635. The van der Waals surface area contributed by atoms with Crippen LogP contribution in [0.25, 0.3) is 0 Å². The van der Waals surface area contributed by atoms with Crippen LogP contribution in [0, 0.1) is 0 Å². The maximum absolute atomic E-state index is 12.0. The first-order valence-electron chi connectivity index (χ1n) is 9.11. The average Bonchev–Trinajstić information content (AvgIpc) is 2.69. The zero-order valence-electron chi connectivity index (χ0n) is 15.8. The molecule has 3 rings (SSSR count). The van der Waals surface area contributed by atoms with Gasteiger partial charge in [0.25, 0.3) is 0 Å². The molecule has 2 atom stereocenters. The fourth-order valence-corrected chi connectivity index (χ4v) is 4.57. The Kier molecular flexibility index (Phi) is 6.86. The number of nitrogens with zero attached hydrogens (tertiary/aromatic N) is 1. The Labute approximate surface area is 178 Å². The lowest BCUT2D eigenvalue weighted by Crippen LogP contribution is -2.46. The Morgan fingerprint density at radius 2 is 1.93 bits per heavy atom. The number of aliphatic carboxylic acids is 1. The van der Waals surface area contributed by atoms with E-state index in [1.165, 1.54) is 0 Å². The molecule has 7 heteroatoms. The summed E-state index contributed by atoms with van der Waals surface area (Å²) in [4.78, 5) is 14.0. The van der Waals surface area contributed by atoms with E-state index < -0.39 is 12.0 Å². The van der Waals surface area contributed by atoms with Crippen LogP contribution in [0.1, 0.15) is 36.4 Å². The third-order valence-corrected chi connectivity index (χ3v) is 6.04. The van der Waals surface area contributed by atoms with Crippen LogP contribution in [-0.2, 0) is 4.79 Å². The second kappa shape index (κ2) is 9.16. The summed E-state index contributed by atoms with van der Waals surface area (Å²) in [7, 11) is 3.17. The smallest absolute Gasteiger partial charge is 0.320 e. The molecule has 2 aromatic rings. The van der Waals surface area contributed by atoms with Gasteiger partial charge in [0, 0.05) is 9.50 Å². The van der Waals surface area contributed by atoms with Gasteiger partial charge in [-0.25, -0.2) is 0 Å². The average molecular weight is 469 g/mol. The second-order valence-corrected chi connectivity index (χ2v) is 8.06. The number of rotatable bonds is 6. The summed E-state index contributed by atoms with van der Waals surface area (Å²) < 4.78 is 11.7. The van der Waals surface area contributed by atoms with Gasteiger partial charge in [0.05, 0.1) is 20.3 Å². The molecule has 0 amide bonds. The number of likely N-dealkylation sites (tertiary alicyclic amines) is 1. The van der Waals surface area contributed by atoms with Crippen molar-refractivity contribution in [3.8, 4) is 11.5 Å². The van der Waals surface area contributed by atoms with Gasteiger partial charge >= 0.3 is 5.97 Å². The fourth-order valence-electron chi connectivity index (χ4n) is 3.83. The van der Waals surface area contributed by atoms with Crippen LogP contribution in [0.15, 0.2) is 40.9 Å². The van der Waals surface area contributed by atoms with Gasteiger partial charge in [-0.1, -0.05) is 46.1 Å². The first-order valence-corrected chi connectivity index (χ1v) is 10.3. The lowest BCUT2D eigenvalue weighted by atomic mass is 9.91. The SMILES string of the molecule is COc1cc(Br)c(C(c2cccc(Cl)c2)N2CCCCC2C(=O)O)cc1OC. The maximum Gasteiger partial charge on any atom is 0.320 e. The summed E-state index contributed by atoms with van der Waals surface area (Å²) in [5, 5.41) is 10.4. The third kappa shape index (κ3) is 4.29. The molecule has 0 spiro atoms. The number of hydrogen-bond acceptors (Lipinski definition) is 4. The minimum absolute atomic E-state index is 0.283. The summed E-state index contributed by atoms with van der Waals surface area (Å²) in [6.07, 6.45) is 2.48. The first-order chi connectivity index (χ1) is 13.5. The van der Waals surface area contributed by atoms with Crippen LogP contribution >= 0.6 is 27.5 Å². The van der Waals surface area contributed by atoms with E-state index in [1.807, 2.05) is 41.3 Å². The van der Waals surface area contributed by atoms with Gasteiger partial charge in [-0.15, -0.1) is 0 Å². The predicted molar refractivity (Wildman–Crippen MR) is 113 cm³/mol. The van der Waals surface area contributed by atoms with Crippen LogP contribution in [-0.4, -0.2) is 42.8 Å². The molecule has 150 valence electrons. The highest BCUT2D eigenvalue weighted by Crippen LogP contribution is 2.42. The van der Waals surface area contributed by atoms with Crippen molar-refractivity contribution < 1.29 is 19.4 Å². The van der Waals surface area contributed by atoms with Crippen LogP contribution in [0.4, 0.5) is 0 Å². The summed E-state index contributed by atoms with van der Waals surface area (Å²) in [5.74, 6) is 0.399. The Hall–Kier alpha value is -1.76. The topological polar surface area (TPSA) is 59.0 Å². The van der Waals surface area contributed by atoms with Crippen LogP contribution in [0.2, 0.25) is 5.02 Å². The molecule has 1 aliphatic rings. The molecular weight excluding hydrogens is 446 g/mol. The lowest BCUT2D eigenvalue weighted by Gasteiger charge is -2.40. The normalized spacial score (nSPS) is 18.5. The van der Waals surface area contributed by atoms with Crippen molar-refractivity contribution in [2.45, 2.75) is 31.3 Å². The number of carbonyl (C=O) groups is 1. The lowest BCUT2D eigenvalue weighted by molar-refractivity contribution is -0.145. The molecule has 1 saturated heterocycles. The van der Waals surface area contributed by atoms with Gasteiger partial charge in [-0.3, -0.25) is 9.69 Å². The Balaban J connectivity index is 2.18. The number of piperidine rings is 1. The molecule has 0 saturated carbocycles. The van der Waals surface area contributed by atoms with E-state index in [0.29, 0.717) is 29.5 Å². The molecule has 1 fully saturated rings. The standard InChI is InChI=1S/C21H23BrClNO4/c1-27-18-11-15(16(22)12-19(18)28-2)20(13-6-5-7-14(23)10-13)24-9-4-3-8-17(24)21(25)26/h5-7,10-12,17,20H,3-4,8-9H2,1-2H3,(H,25,26). The molecule has 0 aliphatic carbocycles. The molecule has 2 aromatic carbocycles. The van der Waals surface area contributed by atoms with Gasteiger partial charge in [-0.05, 0) is 54.8 Å². The van der Waals surface area contributed by atoms with E-state index in [9.17, 15) is 9.90 Å². The van der Waals surface area contributed by atoms with Crippen molar-refractivity contribution in [3.63, 3.8) is 0 Å². The Morgan fingerprint density at radius 1 is 1.21 bits per heavy atom. The highest BCUT2D eigenvalue weighted by Gasteiger charge is 2.36. The van der Waals surface area contributed by atoms with Crippen molar-refractivity contribution in [2.24, 2.45) is 0 Å².